The highest BCUT2D eigenvalue weighted by Crippen LogP contribution is 2.34. The minimum Gasteiger partial charge on any atom is -0.371 e. The standard InChI is InChI=1S/C11H8ClNS/c12-11-5-8-7-3-1-2-4-9(7)14-10(8)6-13-11/h1-5,13H,6H2. The lowest BCUT2D eigenvalue weighted by atomic mass is 10.1. The predicted octanol–water partition coefficient (Wildman–Crippen LogP) is 3.54. The maximum absolute atomic E-state index is 5.96. The van der Waals surface area contributed by atoms with Gasteiger partial charge in [0.15, 0.2) is 0 Å². The van der Waals surface area contributed by atoms with Crippen molar-refractivity contribution in [3.05, 3.63) is 39.9 Å². The first-order chi connectivity index (χ1) is 6.84. The molecule has 1 aromatic heterocycles. The molecule has 2 heterocycles. The third-order valence-corrected chi connectivity index (χ3v) is 3.83. The van der Waals surface area contributed by atoms with Gasteiger partial charge < -0.3 is 5.32 Å². The Balaban J connectivity index is 2.37. The molecule has 1 nitrogen and oxygen atoms in total. The second-order valence-electron chi connectivity index (χ2n) is 3.28. The zero-order valence-corrected chi connectivity index (χ0v) is 8.95. The number of hydrogen-bond acceptors (Lipinski definition) is 2. The number of halogens is 1. The van der Waals surface area contributed by atoms with Gasteiger partial charge in [-0.2, -0.15) is 0 Å². The molecule has 2 aromatic rings. The third-order valence-electron chi connectivity index (χ3n) is 2.40. The Hall–Kier alpha value is -0.990. The highest BCUT2D eigenvalue weighted by Gasteiger charge is 2.13. The van der Waals surface area contributed by atoms with Crippen molar-refractivity contribution in [3.8, 4) is 0 Å². The van der Waals surface area contributed by atoms with E-state index < -0.39 is 0 Å². The molecule has 1 N–H and O–H groups in total. The topological polar surface area (TPSA) is 12.0 Å². The summed E-state index contributed by atoms with van der Waals surface area (Å²) in [6.07, 6.45) is 2.01. The third kappa shape index (κ3) is 1.15. The first-order valence-corrected chi connectivity index (χ1v) is 5.65. The number of rotatable bonds is 0. The quantitative estimate of drug-likeness (QED) is 0.671. The van der Waals surface area contributed by atoms with E-state index in [2.05, 4.69) is 29.6 Å². The molecule has 70 valence electrons. The molecular formula is C11H8ClNS. The number of thiophene rings is 1. The fourth-order valence-corrected chi connectivity index (χ4v) is 3.05. The molecule has 1 aliphatic heterocycles. The van der Waals surface area contributed by atoms with Crippen molar-refractivity contribution < 1.29 is 0 Å². The zero-order valence-electron chi connectivity index (χ0n) is 7.38. The molecule has 0 spiro atoms. The van der Waals surface area contributed by atoms with Crippen molar-refractivity contribution in [2.75, 3.05) is 0 Å². The number of nitrogens with one attached hydrogen (secondary N) is 1. The predicted molar refractivity (Wildman–Crippen MR) is 62.5 cm³/mol. The second-order valence-corrected chi connectivity index (χ2v) is 4.82. The summed E-state index contributed by atoms with van der Waals surface area (Å²) in [6, 6.07) is 8.44. The molecule has 3 rings (SSSR count). The summed E-state index contributed by atoms with van der Waals surface area (Å²) in [7, 11) is 0. The number of hydrogen-bond donors (Lipinski definition) is 1. The average molecular weight is 222 g/mol. The molecular weight excluding hydrogens is 214 g/mol. The van der Waals surface area contributed by atoms with E-state index in [0.717, 1.165) is 11.7 Å². The first-order valence-electron chi connectivity index (χ1n) is 4.46. The highest BCUT2D eigenvalue weighted by atomic mass is 35.5. The lowest BCUT2D eigenvalue weighted by Gasteiger charge is -2.10. The van der Waals surface area contributed by atoms with Crippen molar-refractivity contribution in [3.63, 3.8) is 0 Å². The van der Waals surface area contributed by atoms with Crippen LogP contribution in [-0.4, -0.2) is 0 Å². The SMILES string of the molecule is ClC1=Cc2c(sc3ccccc23)CN1. The largest absolute Gasteiger partial charge is 0.371 e. The molecule has 1 aromatic carbocycles. The Kier molecular flexibility index (Phi) is 1.79. The van der Waals surface area contributed by atoms with E-state index in [4.69, 9.17) is 11.6 Å². The van der Waals surface area contributed by atoms with Gasteiger partial charge in [-0.3, -0.25) is 0 Å². The van der Waals surface area contributed by atoms with Gasteiger partial charge in [-0.25, -0.2) is 0 Å². The van der Waals surface area contributed by atoms with Gasteiger partial charge in [0.25, 0.3) is 0 Å². The Morgan fingerprint density at radius 3 is 3.07 bits per heavy atom. The van der Waals surface area contributed by atoms with Crippen molar-refractivity contribution in [1.82, 2.24) is 5.32 Å². The zero-order chi connectivity index (χ0) is 9.54. The van der Waals surface area contributed by atoms with E-state index in [9.17, 15) is 0 Å². The maximum atomic E-state index is 5.96. The summed E-state index contributed by atoms with van der Waals surface area (Å²) < 4.78 is 1.34. The van der Waals surface area contributed by atoms with Gasteiger partial charge in [-0.05, 0) is 12.1 Å². The summed E-state index contributed by atoms with van der Waals surface area (Å²) in [5.41, 5.74) is 1.29. The van der Waals surface area contributed by atoms with Gasteiger partial charge in [0, 0.05) is 20.5 Å². The van der Waals surface area contributed by atoms with Crippen LogP contribution in [0.5, 0.6) is 0 Å². The van der Waals surface area contributed by atoms with Gasteiger partial charge in [-0.1, -0.05) is 29.8 Å². The average Bonchev–Trinajstić information content (AvgIpc) is 2.56. The summed E-state index contributed by atoms with van der Waals surface area (Å²) in [5, 5.41) is 5.19. The van der Waals surface area contributed by atoms with E-state index in [0.29, 0.717) is 0 Å². The minimum atomic E-state index is 0.737. The highest BCUT2D eigenvalue weighted by molar-refractivity contribution is 7.19. The molecule has 3 heteroatoms. The number of benzene rings is 1. The smallest absolute Gasteiger partial charge is 0.103 e. The molecule has 0 fully saturated rings. The van der Waals surface area contributed by atoms with Crippen LogP contribution in [0.1, 0.15) is 10.4 Å². The molecule has 14 heavy (non-hydrogen) atoms. The van der Waals surface area contributed by atoms with Gasteiger partial charge in [0.05, 0.1) is 6.54 Å². The summed E-state index contributed by atoms with van der Waals surface area (Å²) in [4.78, 5) is 1.37. The van der Waals surface area contributed by atoms with Crippen LogP contribution in [-0.2, 0) is 6.54 Å². The molecule has 0 saturated heterocycles. The van der Waals surface area contributed by atoms with Crippen LogP contribution >= 0.6 is 22.9 Å². The monoisotopic (exact) mass is 221 g/mol. The van der Waals surface area contributed by atoms with E-state index in [1.165, 1.54) is 20.5 Å². The van der Waals surface area contributed by atoms with Crippen LogP contribution in [0, 0.1) is 0 Å². The van der Waals surface area contributed by atoms with Crippen molar-refractivity contribution in [2.24, 2.45) is 0 Å². The van der Waals surface area contributed by atoms with Crippen molar-refractivity contribution in [1.29, 1.82) is 0 Å². The van der Waals surface area contributed by atoms with Crippen molar-refractivity contribution >= 4 is 39.1 Å². The molecule has 0 atom stereocenters. The molecule has 0 amide bonds. The lowest BCUT2D eigenvalue weighted by Crippen LogP contribution is -2.12. The molecule has 0 unspecified atom stereocenters. The molecule has 0 radical (unpaired) electrons. The van der Waals surface area contributed by atoms with Gasteiger partial charge in [0.1, 0.15) is 5.16 Å². The van der Waals surface area contributed by atoms with Gasteiger partial charge in [0.2, 0.25) is 0 Å². The number of fused-ring (bicyclic) bond motifs is 3. The fraction of sp³-hybridized carbons (Fsp3) is 0.0909. The summed E-state index contributed by atoms with van der Waals surface area (Å²) in [5.74, 6) is 0. The van der Waals surface area contributed by atoms with Crippen LogP contribution in [0.15, 0.2) is 29.4 Å². The molecule has 1 aliphatic rings. The Labute approximate surface area is 91.0 Å². The Morgan fingerprint density at radius 1 is 1.29 bits per heavy atom. The maximum Gasteiger partial charge on any atom is 0.103 e. The van der Waals surface area contributed by atoms with E-state index in [1.54, 1.807) is 0 Å². The molecule has 0 bridgehead atoms. The fourth-order valence-electron chi connectivity index (χ4n) is 1.75. The van der Waals surface area contributed by atoms with E-state index in [1.807, 2.05) is 17.4 Å². The minimum absolute atomic E-state index is 0.737. The molecule has 0 saturated carbocycles. The first kappa shape index (κ1) is 8.33. The summed E-state index contributed by atoms with van der Waals surface area (Å²) in [6.45, 7) is 0.851. The van der Waals surface area contributed by atoms with Gasteiger partial charge in [-0.15, -0.1) is 11.3 Å². The van der Waals surface area contributed by atoms with Crippen LogP contribution in [0.2, 0.25) is 0 Å². The van der Waals surface area contributed by atoms with Crippen LogP contribution in [0.25, 0.3) is 16.2 Å². The lowest BCUT2D eigenvalue weighted by molar-refractivity contribution is 0.861. The van der Waals surface area contributed by atoms with Crippen LogP contribution < -0.4 is 5.32 Å². The van der Waals surface area contributed by atoms with Crippen LogP contribution in [0.3, 0.4) is 0 Å². The Bertz CT molecular complexity index is 527. The Morgan fingerprint density at radius 2 is 2.14 bits per heavy atom. The summed E-state index contributed by atoms with van der Waals surface area (Å²) >= 11 is 7.79. The normalized spacial score (nSPS) is 14.8. The van der Waals surface area contributed by atoms with Crippen LogP contribution in [0.4, 0.5) is 0 Å². The van der Waals surface area contributed by atoms with E-state index in [-0.39, 0.29) is 0 Å². The van der Waals surface area contributed by atoms with Gasteiger partial charge >= 0.3 is 0 Å². The van der Waals surface area contributed by atoms with Crippen molar-refractivity contribution in [2.45, 2.75) is 6.54 Å². The molecule has 0 aliphatic carbocycles. The van der Waals surface area contributed by atoms with E-state index >= 15 is 0 Å². The second kappa shape index (κ2) is 3.01.